The Morgan fingerprint density at radius 1 is 1.08 bits per heavy atom. The maximum absolute atomic E-state index is 6.41. The van der Waals surface area contributed by atoms with Gasteiger partial charge in [0.2, 0.25) is 0 Å². The number of aromatic nitrogens is 1. The molecule has 0 spiro atoms. The quantitative estimate of drug-likeness (QED) is 0.753. The minimum absolute atomic E-state index is 0.0487. The maximum atomic E-state index is 6.41. The van der Waals surface area contributed by atoms with Gasteiger partial charge < -0.3 is 10.1 Å². The Kier molecular flexibility index (Phi) is 4.37. The summed E-state index contributed by atoms with van der Waals surface area (Å²) in [4.78, 5) is 4.24. The third-order valence-electron chi connectivity index (χ3n) is 4.57. The number of fused-ring (bicyclic) bond motifs is 1. The molecule has 1 aromatic heterocycles. The molecule has 1 aliphatic heterocycles. The molecular weight excluding hydrogens is 320 g/mol. The van der Waals surface area contributed by atoms with E-state index in [2.05, 4.69) is 34.6 Å². The van der Waals surface area contributed by atoms with Crippen molar-refractivity contribution in [2.45, 2.75) is 12.5 Å². The Bertz CT molecular complexity index is 846. The molecule has 2 atom stereocenters. The van der Waals surface area contributed by atoms with Gasteiger partial charge >= 0.3 is 0 Å². The van der Waals surface area contributed by atoms with E-state index >= 15 is 0 Å². The van der Waals surface area contributed by atoms with Gasteiger partial charge in [-0.2, -0.15) is 0 Å². The Balaban J connectivity index is 1.67. The van der Waals surface area contributed by atoms with Crippen LogP contribution in [-0.2, 0) is 0 Å². The molecule has 0 amide bonds. The van der Waals surface area contributed by atoms with Crippen molar-refractivity contribution in [1.29, 1.82) is 0 Å². The summed E-state index contributed by atoms with van der Waals surface area (Å²) in [6.45, 7) is 1.97. The molecule has 1 fully saturated rings. The van der Waals surface area contributed by atoms with Crippen molar-refractivity contribution in [3.05, 3.63) is 71.5 Å². The first-order valence-corrected chi connectivity index (χ1v) is 8.64. The van der Waals surface area contributed by atoms with Crippen LogP contribution in [0.15, 0.2) is 60.9 Å². The van der Waals surface area contributed by atoms with Gasteiger partial charge in [-0.3, -0.25) is 4.98 Å². The fourth-order valence-corrected chi connectivity index (χ4v) is 3.53. The molecule has 0 aliphatic carbocycles. The first-order chi connectivity index (χ1) is 11.8. The average molecular weight is 339 g/mol. The van der Waals surface area contributed by atoms with Crippen LogP contribution >= 0.6 is 11.6 Å². The van der Waals surface area contributed by atoms with E-state index in [-0.39, 0.29) is 6.10 Å². The minimum Gasteiger partial charge on any atom is -0.485 e. The molecule has 3 nitrogen and oxygen atoms in total. The summed E-state index contributed by atoms with van der Waals surface area (Å²) in [6, 6.07) is 16.5. The lowest BCUT2D eigenvalue weighted by Crippen LogP contribution is -2.21. The molecule has 2 heterocycles. The van der Waals surface area contributed by atoms with Gasteiger partial charge in [0.1, 0.15) is 11.9 Å². The van der Waals surface area contributed by atoms with E-state index in [1.807, 2.05) is 30.5 Å². The third kappa shape index (κ3) is 3.23. The Morgan fingerprint density at radius 2 is 1.96 bits per heavy atom. The van der Waals surface area contributed by atoms with Crippen molar-refractivity contribution in [3.63, 3.8) is 0 Å². The molecular formula is C20H19ClN2O. The van der Waals surface area contributed by atoms with E-state index in [0.29, 0.717) is 10.9 Å². The SMILES string of the molecule is Clc1cncc(C(Oc2ccc3ccccc3c2)C2CCNC2)c1. The number of ether oxygens (including phenoxy) is 1. The number of pyridine rings is 1. The van der Waals surface area contributed by atoms with E-state index in [1.165, 1.54) is 10.8 Å². The van der Waals surface area contributed by atoms with Crippen molar-refractivity contribution in [3.8, 4) is 5.75 Å². The number of hydrogen-bond acceptors (Lipinski definition) is 3. The number of rotatable bonds is 4. The molecule has 0 bridgehead atoms. The van der Waals surface area contributed by atoms with Gasteiger partial charge in [0.25, 0.3) is 0 Å². The summed E-state index contributed by atoms with van der Waals surface area (Å²) >= 11 is 6.14. The lowest BCUT2D eigenvalue weighted by Gasteiger charge is -2.25. The fraction of sp³-hybridized carbons (Fsp3) is 0.250. The molecule has 4 rings (SSSR count). The summed E-state index contributed by atoms with van der Waals surface area (Å²) in [5.74, 6) is 1.29. The topological polar surface area (TPSA) is 34.1 Å². The van der Waals surface area contributed by atoms with E-state index in [1.54, 1.807) is 6.20 Å². The van der Waals surface area contributed by atoms with Crippen LogP contribution in [0.5, 0.6) is 5.75 Å². The molecule has 1 N–H and O–H groups in total. The largest absolute Gasteiger partial charge is 0.485 e. The lowest BCUT2D eigenvalue weighted by atomic mass is 9.96. The molecule has 0 radical (unpaired) electrons. The van der Waals surface area contributed by atoms with Crippen LogP contribution in [0.2, 0.25) is 5.02 Å². The van der Waals surface area contributed by atoms with Gasteiger partial charge in [0.05, 0.1) is 5.02 Å². The maximum Gasteiger partial charge on any atom is 0.129 e. The monoisotopic (exact) mass is 338 g/mol. The highest BCUT2D eigenvalue weighted by Crippen LogP contribution is 2.33. The Morgan fingerprint density at radius 3 is 2.75 bits per heavy atom. The lowest BCUT2D eigenvalue weighted by molar-refractivity contribution is 0.144. The van der Waals surface area contributed by atoms with Gasteiger partial charge in [0, 0.05) is 30.4 Å². The van der Waals surface area contributed by atoms with E-state index in [9.17, 15) is 0 Å². The molecule has 3 aromatic rings. The van der Waals surface area contributed by atoms with Gasteiger partial charge in [-0.15, -0.1) is 0 Å². The highest BCUT2D eigenvalue weighted by Gasteiger charge is 2.28. The van der Waals surface area contributed by atoms with Crippen LogP contribution < -0.4 is 10.1 Å². The zero-order valence-corrected chi connectivity index (χ0v) is 14.0. The van der Waals surface area contributed by atoms with E-state index in [0.717, 1.165) is 30.8 Å². The Hall–Kier alpha value is -2.10. The molecule has 2 aromatic carbocycles. The minimum atomic E-state index is -0.0487. The van der Waals surface area contributed by atoms with E-state index < -0.39 is 0 Å². The first kappa shape index (κ1) is 15.4. The fourth-order valence-electron chi connectivity index (χ4n) is 3.34. The molecule has 1 saturated heterocycles. The second-order valence-electron chi connectivity index (χ2n) is 6.24. The number of nitrogens with one attached hydrogen (secondary N) is 1. The summed E-state index contributed by atoms with van der Waals surface area (Å²) in [7, 11) is 0. The van der Waals surface area contributed by atoms with Gasteiger partial charge in [0.15, 0.2) is 0 Å². The van der Waals surface area contributed by atoms with Crippen molar-refractivity contribution < 1.29 is 4.74 Å². The van der Waals surface area contributed by atoms with Crippen LogP contribution in [0.3, 0.4) is 0 Å². The molecule has 1 aliphatic rings. The summed E-state index contributed by atoms with van der Waals surface area (Å²) in [5.41, 5.74) is 1.03. The Labute approximate surface area is 146 Å². The predicted molar refractivity (Wildman–Crippen MR) is 97.5 cm³/mol. The molecule has 24 heavy (non-hydrogen) atoms. The molecule has 122 valence electrons. The van der Waals surface area contributed by atoms with Gasteiger partial charge in [-0.05, 0) is 41.9 Å². The third-order valence-corrected chi connectivity index (χ3v) is 4.77. The number of benzene rings is 2. The van der Waals surface area contributed by atoms with E-state index in [4.69, 9.17) is 16.3 Å². The molecule has 2 unspecified atom stereocenters. The summed E-state index contributed by atoms with van der Waals surface area (Å²) in [5, 5.41) is 6.46. The van der Waals surface area contributed by atoms with Crippen molar-refractivity contribution in [1.82, 2.24) is 10.3 Å². The van der Waals surface area contributed by atoms with Crippen molar-refractivity contribution >= 4 is 22.4 Å². The smallest absolute Gasteiger partial charge is 0.129 e. The van der Waals surface area contributed by atoms with Gasteiger partial charge in [-0.25, -0.2) is 0 Å². The predicted octanol–water partition coefficient (Wildman–Crippen LogP) is 4.62. The molecule has 4 heteroatoms. The van der Waals surface area contributed by atoms with Crippen LogP contribution in [0.1, 0.15) is 18.1 Å². The number of hydrogen-bond donors (Lipinski definition) is 1. The standard InChI is InChI=1S/C20H19ClN2O/c21-18-9-17(12-23-13-18)20(16-7-8-22-11-16)24-19-6-5-14-3-1-2-4-15(14)10-19/h1-6,9-10,12-13,16,20,22H,7-8,11H2. The summed E-state index contributed by atoms with van der Waals surface area (Å²) in [6.07, 6.45) is 4.55. The highest BCUT2D eigenvalue weighted by molar-refractivity contribution is 6.30. The normalized spacial score (nSPS) is 18.6. The van der Waals surface area contributed by atoms with Crippen LogP contribution in [0.4, 0.5) is 0 Å². The van der Waals surface area contributed by atoms with Crippen molar-refractivity contribution in [2.75, 3.05) is 13.1 Å². The number of nitrogens with zero attached hydrogens (tertiary/aromatic N) is 1. The van der Waals surface area contributed by atoms with Crippen LogP contribution in [-0.4, -0.2) is 18.1 Å². The molecule has 0 saturated carbocycles. The zero-order chi connectivity index (χ0) is 16.4. The second-order valence-corrected chi connectivity index (χ2v) is 6.67. The first-order valence-electron chi connectivity index (χ1n) is 8.26. The summed E-state index contributed by atoms with van der Waals surface area (Å²) < 4.78 is 6.41. The van der Waals surface area contributed by atoms with Crippen LogP contribution in [0, 0.1) is 5.92 Å². The average Bonchev–Trinajstić information content (AvgIpc) is 3.14. The zero-order valence-electron chi connectivity index (χ0n) is 13.3. The highest BCUT2D eigenvalue weighted by atomic mass is 35.5. The second kappa shape index (κ2) is 6.80. The van der Waals surface area contributed by atoms with Gasteiger partial charge in [-0.1, -0.05) is 41.9 Å². The van der Waals surface area contributed by atoms with Crippen molar-refractivity contribution in [2.24, 2.45) is 5.92 Å². The van der Waals surface area contributed by atoms with Crippen LogP contribution in [0.25, 0.3) is 10.8 Å². The number of halogens is 1.